The Labute approximate surface area is 134 Å². The van der Waals surface area contributed by atoms with Crippen LogP contribution in [0.3, 0.4) is 0 Å². The van der Waals surface area contributed by atoms with Crippen LogP contribution in [0.4, 0.5) is 0 Å². The summed E-state index contributed by atoms with van der Waals surface area (Å²) in [5.74, 6) is -1.93. The van der Waals surface area contributed by atoms with Gasteiger partial charge in [-0.15, -0.1) is 0 Å². The topological polar surface area (TPSA) is 109 Å². The number of carbonyl (C=O) groups excluding carboxylic acids is 2. The third-order valence-electron chi connectivity index (χ3n) is 2.92. The molecule has 1 aromatic heterocycles. The molecule has 8 heteroatoms. The van der Waals surface area contributed by atoms with Crippen LogP contribution in [0.5, 0.6) is 0 Å². The minimum atomic E-state index is -1.10. The van der Waals surface area contributed by atoms with Crippen LogP contribution in [-0.2, 0) is 25.7 Å². The number of rotatable bonds is 9. The number of carboxylic acids is 1. The molecule has 0 bridgehead atoms. The van der Waals surface area contributed by atoms with Crippen molar-refractivity contribution in [3.05, 3.63) is 30.1 Å². The number of pyridine rings is 1. The summed E-state index contributed by atoms with van der Waals surface area (Å²) < 4.78 is 5.05. The van der Waals surface area contributed by atoms with Gasteiger partial charge in [0.05, 0.1) is 0 Å². The van der Waals surface area contributed by atoms with Crippen LogP contribution in [0.2, 0.25) is 0 Å². The van der Waals surface area contributed by atoms with Crippen molar-refractivity contribution in [2.75, 3.05) is 19.8 Å². The highest BCUT2D eigenvalue weighted by molar-refractivity contribution is 5.83. The van der Waals surface area contributed by atoms with Crippen molar-refractivity contribution in [3.8, 4) is 0 Å². The lowest BCUT2D eigenvalue weighted by atomic mass is 10.3. The maximum Gasteiger partial charge on any atom is 0.323 e. The van der Waals surface area contributed by atoms with Crippen molar-refractivity contribution >= 4 is 17.8 Å². The first kappa shape index (κ1) is 18.6. The molecule has 0 aliphatic carbocycles. The van der Waals surface area contributed by atoms with Gasteiger partial charge < -0.3 is 20.1 Å². The minimum Gasteiger partial charge on any atom is -0.480 e. The highest BCUT2D eigenvalue weighted by Crippen LogP contribution is 1.99. The number of aliphatic carboxylic acids is 1. The van der Waals surface area contributed by atoms with Crippen molar-refractivity contribution in [3.63, 3.8) is 0 Å². The molecule has 0 saturated carbocycles. The lowest BCUT2D eigenvalue weighted by Crippen LogP contribution is -2.43. The summed E-state index contributed by atoms with van der Waals surface area (Å²) in [5, 5.41) is 11.4. The SMILES string of the molecule is CC(C)N(CC(=O)O)C(=O)COCC(=O)NCc1cccnc1. The molecule has 0 aromatic carbocycles. The molecular formula is C15H21N3O5. The molecule has 0 aliphatic heterocycles. The molecular weight excluding hydrogens is 302 g/mol. The van der Waals surface area contributed by atoms with Gasteiger partial charge in [-0.25, -0.2) is 0 Å². The van der Waals surface area contributed by atoms with Gasteiger partial charge in [0.2, 0.25) is 11.8 Å². The first-order chi connectivity index (χ1) is 10.9. The van der Waals surface area contributed by atoms with Crippen LogP contribution in [0, 0.1) is 0 Å². The summed E-state index contributed by atoms with van der Waals surface area (Å²) in [6, 6.07) is 3.32. The fraction of sp³-hybridized carbons (Fsp3) is 0.467. The van der Waals surface area contributed by atoms with E-state index in [1.807, 2.05) is 6.07 Å². The normalized spacial score (nSPS) is 10.4. The smallest absolute Gasteiger partial charge is 0.323 e. The standard InChI is InChI=1S/C15H21N3O5/c1-11(2)18(8-15(21)22)14(20)10-23-9-13(19)17-7-12-4-3-5-16-6-12/h3-6,11H,7-10H2,1-2H3,(H,17,19)(H,21,22). The van der Waals surface area contributed by atoms with Gasteiger partial charge in [-0.05, 0) is 25.5 Å². The van der Waals surface area contributed by atoms with E-state index in [1.54, 1.807) is 32.3 Å². The Kier molecular flexibility index (Phi) is 7.69. The van der Waals surface area contributed by atoms with Gasteiger partial charge in [-0.3, -0.25) is 19.4 Å². The zero-order valence-corrected chi connectivity index (χ0v) is 13.2. The van der Waals surface area contributed by atoms with Crippen LogP contribution in [0.1, 0.15) is 19.4 Å². The lowest BCUT2D eigenvalue weighted by Gasteiger charge is -2.24. The summed E-state index contributed by atoms with van der Waals surface area (Å²) in [4.78, 5) is 39.3. The Morgan fingerprint density at radius 3 is 2.65 bits per heavy atom. The zero-order chi connectivity index (χ0) is 17.2. The van der Waals surface area contributed by atoms with Crippen molar-refractivity contribution in [1.29, 1.82) is 0 Å². The van der Waals surface area contributed by atoms with Crippen molar-refractivity contribution in [2.45, 2.75) is 26.4 Å². The average Bonchev–Trinajstić information content (AvgIpc) is 2.51. The molecule has 0 radical (unpaired) electrons. The molecule has 0 fully saturated rings. The number of hydrogen-bond acceptors (Lipinski definition) is 5. The second-order valence-electron chi connectivity index (χ2n) is 5.14. The van der Waals surface area contributed by atoms with Gasteiger partial charge in [0.1, 0.15) is 19.8 Å². The molecule has 0 saturated heterocycles. The molecule has 8 nitrogen and oxygen atoms in total. The van der Waals surface area contributed by atoms with Crippen molar-refractivity contribution in [1.82, 2.24) is 15.2 Å². The fourth-order valence-electron chi connectivity index (χ4n) is 1.77. The Balaban J connectivity index is 2.30. The van der Waals surface area contributed by atoms with E-state index in [0.29, 0.717) is 6.54 Å². The number of aromatic nitrogens is 1. The van der Waals surface area contributed by atoms with Crippen molar-refractivity contribution < 1.29 is 24.2 Å². The fourth-order valence-corrected chi connectivity index (χ4v) is 1.77. The van der Waals surface area contributed by atoms with E-state index < -0.39 is 18.4 Å². The van der Waals surface area contributed by atoms with E-state index in [9.17, 15) is 14.4 Å². The summed E-state index contributed by atoms with van der Waals surface area (Å²) in [6.07, 6.45) is 3.27. The molecule has 2 amide bonds. The van der Waals surface area contributed by atoms with Gasteiger partial charge in [0.25, 0.3) is 0 Å². The molecule has 1 rings (SSSR count). The lowest BCUT2D eigenvalue weighted by molar-refractivity contribution is -0.148. The summed E-state index contributed by atoms with van der Waals surface area (Å²) in [6.45, 7) is 2.73. The highest BCUT2D eigenvalue weighted by Gasteiger charge is 2.20. The predicted molar refractivity (Wildman–Crippen MR) is 81.4 cm³/mol. The quantitative estimate of drug-likeness (QED) is 0.664. The maximum atomic E-state index is 11.9. The van der Waals surface area contributed by atoms with E-state index in [1.165, 1.54) is 4.90 Å². The number of hydrogen-bond donors (Lipinski definition) is 2. The molecule has 2 N–H and O–H groups in total. The second kappa shape index (κ2) is 9.52. The van der Waals surface area contributed by atoms with Gasteiger partial charge in [-0.2, -0.15) is 0 Å². The Bertz CT molecular complexity index is 533. The molecule has 0 aliphatic rings. The highest BCUT2D eigenvalue weighted by atomic mass is 16.5. The largest absolute Gasteiger partial charge is 0.480 e. The van der Waals surface area contributed by atoms with Gasteiger partial charge in [-0.1, -0.05) is 6.07 Å². The van der Waals surface area contributed by atoms with Gasteiger partial charge >= 0.3 is 5.97 Å². The maximum absolute atomic E-state index is 11.9. The van der Waals surface area contributed by atoms with Crippen LogP contribution in [-0.4, -0.2) is 58.6 Å². The summed E-state index contributed by atoms with van der Waals surface area (Å²) >= 11 is 0. The van der Waals surface area contributed by atoms with Crippen LogP contribution < -0.4 is 5.32 Å². The Hall–Kier alpha value is -2.48. The van der Waals surface area contributed by atoms with Crippen LogP contribution in [0.25, 0.3) is 0 Å². The molecule has 1 heterocycles. The third kappa shape index (κ3) is 7.37. The second-order valence-corrected chi connectivity index (χ2v) is 5.14. The average molecular weight is 323 g/mol. The first-order valence-corrected chi connectivity index (χ1v) is 7.14. The van der Waals surface area contributed by atoms with E-state index in [4.69, 9.17) is 9.84 Å². The van der Waals surface area contributed by atoms with Crippen molar-refractivity contribution in [2.24, 2.45) is 0 Å². The number of nitrogens with one attached hydrogen (secondary N) is 1. The van der Waals surface area contributed by atoms with Crippen LogP contribution >= 0.6 is 0 Å². The number of ether oxygens (including phenoxy) is 1. The van der Waals surface area contributed by atoms with Crippen LogP contribution in [0.15, 0.2) is 24.5 Å². The molecule has 0 atom stereocenters. The van der Waals surface area contributed by atoms with E-state index in [-0.39, 0.29) is 25.2 Å². The first-order valence-electron chi connectivity index (χ1n) is 7.14. The number of carboxylic acid groups (broad SMARTS) is 1. The molecule has 0 unspecified atom stereocenters. The molecule has 0 spiro atoms. The summed E-state index contributed by atoms with van der Waals surface area (Å²) in [5.41, 5.74) is 0.851. The number of carbonyl (C=O) groups is 3. The predicted octanol–water partition coefficient (Wildman–Crippen LogP) is 0.0360. The zero-order valence-electron chi connectivity index (χ0n) is 13.2. The Morgan fingerprint density at radius 2 is 2.09 bits per heavy atom. The van der Waals surface area contributed by atoms with E-state index in [2.05, 4.69) is 10.3 Å². The monoisotopic (exact) mass is 323 g/mol. The molecule has 1 aromatic rings. The summed E-state index contributed by atoms with van der Waals surface area (Å²) in [7, 11) is 0. The van der Waals surface area contributed by atoms with E-state index in [0.717, 1.165) is 5.56 Å². The molecule has 126 valence electrons. The van der Waals surface area contributed by atoms with E-state index >= 15 is 0 Å². The number of amides is 2. The Morgan fingerprint density at radius 1 is 1.35 bits per heavy atom. The van der Waals surface area contributed by atoms with Gasteiger partial charge in [0, 0.05) is 25.0 Å². The number of nitrogens with zero attached hydrogens (tertiary/aromatic N) is 2. The minimum absolute atomic E-state index is 0.262. The van der Waals surface area contributed by atoms with Gasteiger partial charge in [0.15, 0.2) is 0 Å². The third-order valence-corrected chi connectivity index (χ3v) is 2.92. The molecule has 23 heavy (non-hydrogen) atoms.